The highest BCUT2D eigenvalue weighted by atomic mass is 19.3. The molecule has 4 aromatic rings. The number of halogens is 4. The molecule has 0 unspecified atom stereocenters. The Kier molecular flexibility index (Phi) is 6.39. The van der Waals surface area contributed by atoms with Gasteiger partial charge in [0.25, 0.3) is 5.91 Å². The van der Waals surface area contributed by atoms with Gasteiger partial charge < -0.3 is 14.8 Å². The molecule has 0 aliphatic carbocycles. The van der Waals surface area contributed by atoms with E-state index in [2.05, 4.69) is 20.1 Å². The first-order valence-corrected chi connectivity index (χ1v) is 10.1. The van der Waals surface area contributed by atoms with E-state index in [9.17, 15) is 22.4 Å². The Morgan fingerprint density at radius 3 is 2.50 bits per heavy atom. The first kappa shape index (κ1) is 23.1. The Hall–Kier alpha value is -4.09. The number of fused-ring (bicyclic) bond motifs is 1. The zero-order valence-electron chi connectivity index (χ0n) is 18.0. The molecule has 0 saturated heterocycles. The highest BCUT2D eigenvalue weighted by Gasteiger charge is 2.23. The monoisotopic (exact) mass is 477 g/mol. The van der Waals surface area contributed by atoms with Crippen LogP contribution in [0.3, 0.4) is 0 Å². The van der Waals surface area contributed by atoms with Crippen LogP contribution in [-0.2, 0) is 0 Å². The van der Waals surface area contributed by atoms with Crippen molar-refractivity contribution in [1.29, 1.82) is 0 Å². The van der Waals surface area contributed by atoms with Gasteiger partial charge in [-0.05, 0) is 36.8 Å². The summed E-state index contributed by atoms with van der Waals surface area (Å²) < 4.78 is 64.0. The quantitative estimate of drug-likeness (QED) is 0.375. The van der Waals surface area contributed by atoms with E-state index >= 15 is 0 Å². The summed E-state index contributed by atoms with van der Waals surface area (Å²) in [5, 5.41) is 6.18. The summed E-state index contributed by atoms with van der Waals surface area (Å²) in [6.45, 7) is -3.94. The van der Waals surface area contributed by atoms with Crippen LogP contribution in [-0.4, -0.2) is 45.3 Å². The average molecular weight is 477 g/mol. The smallest absolute Gasteiger partial charge is 0.387 e. The van der Waals surface area contributed by atoms with Crippen molar-refractivity contribution in [3.63, 3.8) is 0 Å². The van der Waals surface area contributed by atoms with Gasteiger partial charge in [-0.15, -0.1) is 0 Å². The number of carbonyl (C=O) groups is 1. The van der Waals surface area contributed by atoms with Crippen molar-refractivity contribution < 1.29 is 31.8 Å². The Bertz CT molecular complexity index is 1340. The van der Waals surface area contributed by atoms with Crippen molar-refractivity contribution in [1.82, 2.24) is 24.5 Å². The van der Waals surface area contributed by atoms with Gasteiger partial charge in [-0.25, -0.2) is 9.67 Å². The maximum atomic E-state index is 13.1. The molecule has 3 aromatic heterocycles. The van der Waals surface area contributed by atoms with Gasteiger partial charge in [-0.2, -0.15) is 22.7 Å². The zero-order valence-corrected chi connectivity index (χ0v) is 18.0. The number of methoxy groups -OCH3 is 1. The predicted octanol–water partition coefficient (Wildman–Crippen LogP) is 4.62. The molecule has 12 heteroatoms. The number of benzene rings is 1. The number of nitrogens with zero attached hydrogens (tertiary/aromatic N) is 4. The van der Waals surface area contributed by atoms with Gasteiger partial charge in [0, 0.05) is 30.1 Å². The number of imidazole rings is 1. The molecule has 1 amide bonds. The standard InChI is InChI=1S/C22H19F4N5O3/c1-3-27-20(32)19-16(33-2)6-13(7-17(19)34-22(25)26)15-10-28-18-8-12(4-5-30(15)18)14-9-29-31(11-14)21(23)24/h4-11,21-22H,3H2,1-2H3,(H,27,32). The molecule has 3 heterocycles. The van der Waals surface area contributed by atoms with E-state index in [1.807, 2.05) is 0 Å². The van der Waals surface area contributed by atoms with Gasteiger partial charge >= 0.3 is 13.2 Å². The van der Waals surface area contributed by atoms with E-state index in [-0.39, 0.29) is 23.6 Å². The van der Waals surface area contributed by atoms with E-state index in [0.717, 1.165) is 0 Å². The van der Waals surface area contributed by atoms with Crippen molar-refractivity contribution in [2.24, 2.45) is 0 Å². The molecule has 0 radical (unpaired) electrons. The van der Waals surface area contributed by atoms with Gasteiger partial charge in [0.05, 0.1) is 25.2 Å². The topological polar surface area (TPSA) is 82.7 Å². The third-order valence-electron chi connectivity index (χ3n) is 5.01. The van der Waals surface area contributed by atoms with E-state index in [1.54, 1.807) is 29.7 Å². The number of carbonyl (C=O) groups excluding carboxylic acids is 1. The Morgan fingerprint density at radius 1 is 1.09 bits per heavy atom. The lowest BCUT2D eigenvalue weighted by Gasteiger charge is -2.16. The largest absolute Gasteiger partial charge is 0.496 e. The molecule has 1 aromatic carbocycles. The third-order valence-corrected chi connectivity index (χ3v) is 5.01. The molecule has 4 rings (SSSR count). The van der Waals surface area contributed by atoms with Gasteiger partial charge in [0.2, 0.25) is 0 Å². The SMILES string of the molecule is CCNC(=O)c1c(OC)cc(-c2cnc3cc(-c4cnn(C(F)F)c4)ccn23)cc1OC(F)F. The maximum absolute atomic E-state index is 13.1. The number of alkyl halides is 4. The van der Waals surface area contributed by atoms with Crippen LogP contribution in [0.5, 0.6) is 11.5 Å². The Balaban J connectivity index is 1.79. The highest BCUT2D eigenvalue weighted by molar-refractivity contribution is 6.00. The van der Waals surface area contributed by atoms with Crippen LogP contribution in [0.4, 0.5) is 17.6 Å². The number of ether oxygens (including phenoxy) is 2. The summed E-state index contributed by atoms with van der Waals surface area (Å²) in [7, 11) is 1.31. The molecule has 8 nitrogen and oxygen atoms in total. The van der Waals surface area contributed by atoms with Crippen LogP contribution in [0, 0.1) is 0 Å². The molecule has 0 aliphatic heterocycles. The average Bonchev–Trinajstić information content (AvgIpc) is 3.45. The van der Waals surface area contributed by atoms with E-state index in [1.165, 1.54) is 37.8 Å². The fourth-order valence-corrected chi connectivity index (χ4v) is 3.53. The van der Waals surface area contributed by atoms with Crippen molar-refractivity contribution in [2.75, 3.05) is 13.7 Å². The summed E-state index contributed by atoms with van der Waals surface area (Å²) in [6.07, 6.45) is 5.71. The number of pyridine rings is 1. The number of hydrogen-bond acceptors (Lipinski definition) is 5. The second kappa shape index (κ2) is 9.41. The van der Waals surface area contributed by atoms with E-state index < -0.39 is 19.1 Å². The molecule has 0 saturated carbocycles. The summed E-state index contributed by atoms with van der Waals surface area (Å²) in [5.41, 5.74) is 2.33. The summed E-state index contributed by atoms with van der Waals surface area (Å²) in [5.74, 6) is -0.917. The molecule has 178 valence electrons. The molecule has 0 aliphatic rings. The summed E-state index contributed by atoms with van der Waals surface area (Å²) in [4.78, 5) is 16.8. The lowest BCUT2D eigenvalue weighted by Crippen LogP contribution is -2.24. The van der Waals surface area contributed by atoms with Crippen LogP contribution in [0.15, 0.2) is 49.1 Å². The second-order valence-corrected chi connectivity index (χ2v) is 7.06. The van der Waals surface area contributed by atoms with Crippen molar-refractivity contribution >= 4 is 11.6 Å². The maximum Gasteiger partial charge on any atom is 0.387 e. The van der Waals surface area contributed by atoms with E-state index in [0.29, 0.717) is 32.7 Å². The van der Waals surface area contributed by atoms with Crippen LogP contribution < -0.4 is 14.8 Å². The molecule has 0 spiro atoms. The minimum absolute atomic E-state index is 0.0464. The third kappa shape index (κ3) is 4.38. The lowest BCUT2D eigenvalue weighted by atomic mass is 10.1. The number of nitrogens with one attached hydrogen (secondary N) is 1. The van der Waals surface area contributed by atoms with Gasteiger partial charge in [0.1, 0.15) is 22.7 Å². The summed E-state index contributed by atoms with van der Waals surface area (Å²) >= 11 is 0. The van der Waals surface area contributed by atoms with Crippen LogP contribution >= 0.6 is 0 Å². The van der Waals surface area contributed by atoms with E-state index in [4.69, 9.17) is 4.74 Å². The van der Waals surface area contributed by atoms with Gasteiger partial charge in [-0.1, -0.05) is 0 Å². The predicted molar refractivity (Wildman–Crippen MR) is 114 cm³/mol. The number of rotatable bonds is 8. The molecule has 34 heavy (non-hydrogen) atoms. The lowest BCUT2D eigenvalue weighted by molar-refractivity contribution is -0.0502. The van der Waals surface area contributed by atoms with Gasteiger partial charge in [-0.3, -0.25) is 9.20 Å². The van der Waals surface area contributed by atoms with Crippen molar-refractivity contribution in [2.45, 2.75) is 20.1 Å². The summed E-state index contributed by atoms with van der Waals surface area (Å²) in [6, 6.07) is 6.19. The van der Waals surface area contributed by atoms with Crippen LogP contribution in [0.1, 0.15) is 23.8 Å². The normalized spacial score (nSPS) is 11.4. The van der Waals surface area contributed by atoms with Crippen LogP contribution in [0.25, 0.3) is 28.0 Å². The molecule has 0 fully saturated rings. The fraction of sp³-hybridized carbons (Fsp3) is 0.227. The van der Waals surface area contributed by atoms with Gasteiger partial charge in [0.15, 0.2) is 0 Å². The van der Waals surface area contributed by atoms with Crippen LogP contribution in [0.2, 0.25) is 0 Å². The fourth-order valence-electron chi connectivity index (χ4n) is 3.53. The number of hydrogen-bond donors (Lipinski definition) is 1. The van der Waals surface area contributed by atoms with Crippen molar-refractivity contribution in [3.8, 4) is 33.9 Å². The minimum Gasteiger partial charge on any atom is -0.496 e. The molecule has 0 bridgehead atoms. The Morgan fingerprint density at radius 2 is 1.85 bits per heavy atom. The minimum atomic E-state index is -3.16. The zero-order chi connectivity index (χ0) is 24.4. The second-order valence-electron chi connectivity index (χ2n) is 7.06. The number of aromatic nitrogens is 4. The molecular weight excluding hydrogens is 458 g/mol. The molecule has 0 atom stereocenters. The first-order valence-electron chi connectivity index (χ1n) is 10.1. The van der Waals surface area contributed by atoms with Crippen molar-refractivity contribution in [3.05, 3.63) is 54.6 Å². The molecule has 1 N–H and O–H groups in total. The number of amides is 1. The first-order chi connectivity index (χ1) is 16.3. The highest BCUT2D eigenvalue weighted by Crippen LogP contribution is 2.36. The molecular formula is C22H19F4N5O3. The Labute approximate surface area is 190 Å².